The molecule has 0 radical (unpaired) electrons. The third kappa shape index (κ3) is 4.10. The first-order chi connectivity index (χ1) is 13.9. The van der Waals surface area contributed by atoms with E-state index in [2.05, 4.69) is 25.4 Å². The average molecular weight is 447 g/mol. The van der Waals surface area contributed by atoms with E-state index in [-0.39, 0.29) is 5.91 Å². The van der Waals surface area contributed by atoms with Crippen LogP contribution in [0.4, 0.5) is 5.13 Å². The van der Waals surface area contributed by atoms with Crippen molar-refractivity contribution >= 4 is 51.4 Å². The van der Waals surface area contributed by atoms with Gasteiger partial charge in [-0.2, -0.15) is 10.1 Å². The van der Waals surface area contributed by atoms with Gasteiger partial charge in [0.05, 0.1) is 10.7 Å². The summed E-state index contributed by atoms with van der Waals surface area (Å²) in [6.45, 7) is 3.87. The number of hydrogen-bond donors (Lipinski definition) is 1. The van der Waals surface area contributed by atoms with Crippen LogP contribution < -0.4 is 5.32 Å². The van der Waals surface area contributed by atoms with E-state index in [9.17, 15) is 4.79 Å². The summed E-state index contributed by atoms with van der Waals surface area (Å²) < 4.78 is 1.68. The first-order valence-corrected chi connectivity index (χ1v) is 10.4. The molecule has 0 fully saturated rings. The van der Waals surface area contributed by atoms with Crippen LogP contribution >= 0.6 is 34.5 Å². The number of amides is 1. The van der Waals surface area contributed by atoms with Gasteiger partial charge in [-0.25, -0.2) is 14.5 Å². The molecule has 0 atom stereocenters. The predicted molar refractivity (Wildman–Crippen MR) is 115 cm³/mol. The summed E-state index contributed by atoms with van der Waals surface area (Å²) in [6, 6.07) is 5.23. The Labute approximate surface area is 180 Å². The average Bonchev–Trinajstić information content (AvgIpc) is 3.31. The van der Waals surface area contributed by atoms with Crippen molar-refractivity contribution in [2.75, 3.05) is 5.32 Å². The first-order valence-electron chi connectivity index (χ1n) is 8.79. The monoisotopic (exact) mass is 446 g/mol. The molecule has 0 spiro atoms. The van der Waals surface area contributed by atoms with E-state index < -0.39 is 0 Å². The highest BCUT2D eigenvalue weighted by atomic mass is 35.5. The SMILES string of the molecule is Cc1nc2ncnn2c(C)c1CCC(=O)Nc1nc(-c2ccc(Cl)cc2Cl)cs1. The van der Waals surface area contributed by atoms with Crippen molar-refractivity contribution in [2.45, 2.75) is 26.7 Å². The summed E-state index contributed by atoms with van der Waals surface area (Å²) in [4.78, 5) is 25.4. The van der Waals surface area contributed by atoms with Gasteiger partial charge in [0.1, 0.15) is 6.33 Å². The molecular weight excluding hydrogens is 431 g/mol. The van der Waals surface area contributed by atoms with Crippen LogP contribution in [0.1, 0.15) is 23.4 Å². The number of hydrogen-bond acceptors (Lipinski definition) is 6. The second kappa shape index (κ2) is 8.06. The molecule has 0 aliphatic carbocycles. The van der Waals surface area contributed by atoms with Gasteiger partial charge in [-0.05, 0) is 44.0 Å². The quantitative estimate of drug-likeness (QED) is 0.478. The molecule has 148 valence electrons. The van der Waals surface area contributed by atoms with E-state index in [0.29, 0.717) is 39.5 Å². The maximum atomic E-state index is 12.4. The molecule has 0 bridgehead atoms. The standard InChI is InChI=1S/C19H16Cl2N6OS/c1-10-13(11(2)27-18(24-10)22-9-23-27)5-6-17(28)26-19-25-16(8-29-19)14-4-3-12(20)7-15(14)21/h3-4,7-9H,5-6H2,1-2H3,(H,25,26,28). The maximum Gasteiger partial charge on any atom is 0.252 e. The molecule has 1 amide bonds. The van der Waals surface area contributed by atoms with Crippen LogP contribution in [0.25, 0.3) is 17.0 Å². The third-order valence-corrected chi connectivity index (χ3v) is 5.85. The van der Waals surface area contributed by atoms with Crippen LogP contribution in [-0.4, -0.2) is 30.5 Å². The molecule has 3 aromatic heterocycles. The molecule has 0 saturated heterocycles. The molecule has 10 heteroatoms. The summed E-state index contributed by atoms with van der Waals surface area (Å²) in [7, 11) is 0. The van der Waals surface area contributed by atoms with Gasteiger partial charge in [-0.1, -0.05) is 23.2 Å². The molecule has 29 heavy (non-hydrogen) atoms. The Morgan fingerprint density at radius 1 is 1.24 bits per heavy atom. The third-order valence-electron chi connectivity index (χ3n) is 4.55. The van der Waals surface area contributed by atoms with Gasteiger partial charge in [-0.15, -0.1) is 11.3 Å². The number of rotatable bonds is 5. The largest absolute Gasteiger partial charge is 0.302 e. The molecule has 1 aromatic carbocycles. The van der Waals surface area contributed by atoms with Crippen LogP contribution in [0.5, 0.6) is 0 Å². The molecule has 4 aromatic rings. The zero-order valence-electron chi connectivity index (χ0n) is 15.6. The van der Waals surface area contributed by atoms with Gasteiger partial charge in [0, 0.05) is 33.8 Å². The normalized spacial score (nSPS) is 11.2. The van der Waals surface area contributed by atoms with Gasteiger partial charge in [0.25, 0.3) is 5.78 Å². The van der Waals surface area contributed by atoms with Crippen LogP contribution in [0.3, 0.4) is 0 Å². The number of carbonyl (C=O) groups is 1. The van der Waals surface area contributed by atoms with Gasteiger partial charge < -0.3 is 5.32 Å². The van der Waals surface area contributed by atoms with E-state index in [4.69, 9.17) is 23.2 Å². The van der Waals surface area contributed by atoms with E-state index in [0.717, 1.165) is 22.5 Å². The van der Waals surface area contributed by atoms with Crippen molar-refractivity contribution in [3.8, 4) is 11.3 Å². The number of fused-ring (bicyclic) bond motifs is 1. The zero-order chi connectivity index (χ0) is 20.5. The number of benzene rings is 1. The molecule has 0 saturated carbocycles. The van der Waals surface area contributed by atoms with Crippen molar-refractivity contribution in [3.05, 3.63) is 56.9 Å². The number of thiazole rings is 1. The van der Waals surface area contributed by atoms with Crippen molar-refractivity contribution in [2.24, 2.45) is 0 Å². The smallest absolute Gasteiger partial charge is 0.252 e. The van der Waals surface area contributed by atoms with Crippen LogP contribution in [0.2, 0.25) is 10.0 Å². The summed E-state index contributed by atoms with van der Waals surface area (Å²) in [5.74, 6) is 0.440. The Morgan fingerprint density at radius 2 is 2.07 bits per heavy atom. The van der Waals surface area contributed by atoms with Crippen LogP contribution in [0.15, 0.2) is 29.9 Å². The lowest BCUT2D eigenvalue weighted by Gasteiger charge is -2.10. The molecule has 4 rings (SSSR count). The Hall–Kier alpha value is -2.55. The van der Waals surface area contributed by atoms with Gasteiger partial charge in [0.15, 0.2) is 5.13 Å². The van der Waals surface area contributed by atoms with E-state index >= 15 is 0 Å². The first kappa shape index (κ1) is 19.8. The minimum Gasteiger partial charge on any atom is -0.302 e. The highest BCUT2D eigenvalue weighted by Gasteiger charge is 2.14. The second-order valence-electron chi connectivity index (χ2n) is 6.44. The van der Waals surface area contributed by atoms with Gasteiger partial charge in [-0.3, -0.25) is 4.79 Å². The fraction of sp³-hybridized carbons (Fsp3) is 0.211. The Kier molecular flexibility index (Phi) is 5.49. The Morgan fingerprint density at radius 3 is 2.86 bits per heavy atom. The molecular formula is C19H16Cl2N6OS. The minimum atomic E-state index is -0.120. The summed E-state index contributed by atoms with van der Waals surface area (Å²) in [5, 5.41) is 10.5. The Balaban J connectivity index is 1.44. The maximum absolute atomic E-state index is 12.4. The van der Waals surface area contributed by atoms with Crippen molar-refractivity contribution in [1.82, 2.24) is 24.6 Å². The highest BCUT2D eigenvalue weighted by Crippen LogP contribution is 2.32. The summed E-state index contributed by atoms with van der Waals surface area (Å²) in [5.41, 5.74) is 4.24. The van der Waals surface area contributed by atoms with E-state index in [1.54, 1.807) is 16.6 Å². The number of carbonyl (C=O) groups excluding carboxylic acids is 1. The van der Waals surface area contributed by atoms with E-state index in [1.165, 1.54) is 17.7 Å². The molecule has 0 aliphatic heterocycles. The number of aryl methyl sites for hydroxylation is 2. The lowest BCUT2D eigenvalue weighted by molar-refractivity contribution is -0.116. The van der Waals surface area contributed by atoms with Gasteiger partial charge in [0.2, 0.25) is 5.91 Å². The minimum absolute atomic E-state index is 0.120. The molecule has 1 N–H and O–H groups in total. The zero-order valence-corrected chi connectivity index (χ0v) is 17.9. The fourth-order valence-electron chi connectivity index (χ4n) is 3.09. The number of anilines is 1. The van der Waals surface area contributed by atoms with Crippen LogP contribution in [0, 0.1) is 13.8 Å². The molecule has 3 heterocycles. The Bertz CT molecular complexity index is 1220. The summed E-state index contributed by atoms with van der Waals surface area (Å²) >= 11 is 13.5. The number of nitrogens with one attached hydrogen (secondary N) is 1. The van der Waals surface area contributed by atoms with Crippen molar-refractivity contribution in [1.29, 1.82) is 0 Å². The van der Waals surface area contributed by atoms with Gasteiger partial charge >= 0.3 is 0 Å². The predicted octanol–water partition coefficient (Wildman–Crippen LogP) is 4.74. The van der Waals surface area contributed by atoms with Crippen LogP contribution in [-0.2, 0) is 11.2 Å². The highest BCUT2D eigenvalue weighted by molar-refractivity contribution is 7.14. The number of aromatic nitrogens is 5. The number of halogens is 2. The lowest BCUT2D eigenvalue weighted by atomic mass is 10.1. The topological polar surface area (TPSA) is 85.1 Å². The molecule has 0 aliphatic rings. The fourth-order valence-corrected chi connectivity index (χ4v) is 4.32. The molecule has 0 unspecified atom stereocenters. The van der Waals surface area contributed by atoms with Crippen molar-refractivity contribution in [3.63, 3.8) is 0 Å². The number of nitrogens with zero attached hydrogens (tertiary/aromatic N) is 5. The second-order valence-corrected chi connectivity index (χ2v) is 8.15. The lowest BCUT2D eigenvalue weighted by Crippen LogP contribution is -2.14. The van der Waals surface area contributed by atoms with Crippen molar-refractivity contribution < 1.29 is 4.79 Å². The van der Waals surface area contributed by atoms with E-state index in [1.807, 2.05) is 25.3 Å². The molecule has 7 nitrogen and oxygen atoms in total. The summed E-state index contributed by atoms with van der Waals surface area (Å²) in [6.07, 6.45) is 2.33.